The molecule has 0 amide bonds. The van der Waals surface area contributed by atoms with Gasteiger partial charge in [0.1, 0.15) is 5.82 Å². The number of anilines is 2. The van der Waals surface area contributed by atoms with Crippen LogP contribution >= 0.6 is 0 Å². The van der Waals surface area contributed by atoms with Gasteiger partial charge in [0.25, 0.3) is 0 Å². The zero-order valence-corrected chi connectivity index (χ0v) is 15.7. The highest BCUT2D eigenvalue weighted by atomic mass is 15.3. The molecule has 134 valence electrons. The zero-order chi connectivity index (χ0) is 17.6. The predicted molar refractivity (Wildman–Crippen MR) is 106 cm³/mol. The molecule has 0 saturated carbocycles. The van der Waals surface area contributed by atoms with Crippen LogP contribution in [0.3, 0.4) is 0 Å². The summed E-state index contributed by atoms with van der Waals surface area (Å²) in [6, 6.07) is 12.5. The van der Waals surface area contributed by atoms with Crippen molar-refractivity contribution in [2.24, 2.45) is 11.8 Å². The second kappa shape index (κ2) is 8.32. The summed E-state index contributed by atoms with van der Waals surface area (Å²) < 4.78 is 0. The van der Waals surface area contributed by atoms with Crippen molar-refractivity contribution in [3.8, 4) is 11.3 Å². The molecule has 25 heavy (non-hydrogen) atoms. The van der Waals surface area contributed by atoms with Gasteiger partial charge in [-0.1, -0.05) is 51.1 Å². The lowest BCUT2D eigenvalue weighted by Gasteiger charge is -2.30. The maximum Gasteiger partial charge on any atom is 0.227 e. The van der Waals surface area contributed by atoms with Crippen molar-refractivity contribution in [2.75, 3.05) is 29.9 Å². The molecule has 2 heterocycles. The van der Waals surface area contributed by atoms with Crippen molar-refractivity contribution in [2.45, 2.75) is 40.0 Å². The summed E-state index contributed by atoms with van der Waals surface area (Å²) in [5, 5.41) is 3.50. The summed E-state index contributed by atoms with van der Waals surface area (Å²) in [5.74, 6) is 3.28. The Hall–Kier alpha value is -2.10. The van der Waals surface area contributed by atoms with Crippen LogP contribution in [0.5, 0.6) is 0 Å². The molecule has 1 aliphatic rings. The van der Waals surface area contributed by atoms with Gasteiger partial charge >= 0.3 is 0 Å². The smallest absolute Gasteiger partial charge is 0.227 e. The lowest BCUT2D eigenvalue weighted by Crippen LogP contribution is -2.34. The van der Waals surface area contributed by atoms with Gasteiger partial charge < -0.3 is 10.2 Å². The van der Waals surface area contributed by atoms with Gasteiger partial charge in [-0.05, 0) is 31.1 Å². The van der Waals surface area contributed by atoms with Crippen LogP contribution in [-0.2, 0) is 0 Å². The summed E-state index contributed by atoms with van der Waals surface area (Å²) in [7, 11) is 0. The van der Waals surface area contributed by atoms with E-state index in [1.165, 1.54) is 12.8 Å². The Balaban J connectivity index is 1.85. The summed E-state index contributed by atoms with van der Waals surface area (Å²) in [5.41, 5.74) is 2.14. The molecule has 1 N–H and O–H groups in total. The fraction of sp³-hybridized carbons (Fsp3) is 0.524. The number of hydrogen-bond donors (Lipinski definition) is 1. The van der Waals surface area contributed by atoms with Gasteiger partial charge in [0.05, 0.1) is 5.69 Å². The van der Waals surface area contributed by atoms with E-state index in [0.717, 1.165) is 55.0 Å². The van der Waals surface area contributed by atoms with Crippen molar-refractivity contribution < 1.29 is 0 Å². The first-order valence-electron chi connectivity index (χ1n) is 9.55. The minimum Gasteiger partial charge on any atom is -0.370 e. The molecule has 4 heteroatoms. The average molecular weight is 338 g/mol. The molecule has 0 spiro atoms. The number of aromatic nitrogens is 2. The lowest BCUT2D eigenvalue weighted by atomic mass is 10.00. The van der Waals surface area contributed by atoms with E-state index in [1.807, 2.05) is 6.07 Å². The molecule has 0 bridgehead atoms. The average Bonchev–Trinajstić information content (AvgIpc) is 2.62. The van der Waals surface area contributed by atoms with Gasteiger partial charge in [0, 0.05) is 31.3 Å². The monoisotopic (exact) mass is 338 g/mol. The number of piperidine rings is 1. The van der Waals surface area contributed by atoms with Crippen LogP contribution in [0.1, 0.15) is 40.0 Å². The Morgan fingerprint density at radius 2 is 1.84 bits per heavy atom. The maximum atomic E-state index is 4.87. The second-order valence-corrected chi connectivity index (χ2v) is 7.58. The summed E-state index contributed by atoms with van der Waals surface area (Å²) in [4.78, 5) is 12.0. The fourth-order valence-electron chi connectivity index (χ4n) is 3.12. The van der Waals surface area contributed by atoms with E-state index in [4.69, 9.17) is 9.97 Å². The van der Waals surface area contributed by atoms with Crippen LogP contribution in [0.25, 0.3) is 11.3 Å². The van der Waals surface area contributed by atoms with Crippen molar-refractivity contribution in [3.63, 3.8) is 0 Å². The second-order valence-electron chi connectivity index (χ2n) is 7.58. The van der Waals surface area contributed by atoms with Gasteiger partial charge in [-0.2, -0.15) is 4.98 Å². The zero-order valence-electron chi connectivity index (χ0n) is 15.7. The molecule has 4 nitrogen and oxygen atoms in total. The first kappa shape index (κ1) is 17.7. The summed E-state index contributed by atoms with van der Waals surface area (Å²) in [6.07, 6.45) is 3.57. The Kier molecular flexibility index (Phi) is 5.90. The van der Waals surface area contributed by atoms with Crippen LogP contribution < -0.4 is 10.2 Å². The summed E-state index contributed by atoms with van der Waals surface area (Å²) >= 11 is 0. The highest BCUT2D eigenvalue weighted by Crippen LogP contribution is 2.26. The molecule has 0 unspecified atom stereocenters. The molecule has 1 aliphatic heterocycles. The third kappa shape index (κ3) is 4.94. The molecular weight excluding hydrogens is 308 g/mol. The van der Waals surface area contributed by atoms with E-state index >= 15 is 0 Å². The van der Waals surface area contributed by atoms with Crippen LogP contribution in [0.15, 0.2) is 36.4 Å². The van der Waals surface area contributed by atoms with E-state index in [0.29, 0.717) is 5.92 Å². The van der Waals surface area contributed by atoms with E-state index < -0.39 is 0 Å². The Morgan fingerprint density at radius 1 is 1.12 bits per heavy atom. The third-order valence-electron chi connectivity index (χ3n) is 4.88. The van der Waals surface area contributed by atoms with E-state index in [2.05, 4.69) is 61.3 Å². The Labute approximate surface area is 151 Å². The number of hydrogen-bond acceptors (Lipinski definition) is 4. The van der Waals surface area contributed by atoms with Crippen LogP contribution in [0, 0.1) is 11.8 Å². The standard InChI is InChI=1S/C21H30N4/c1-16(2)9-12-22-20-15-19(18-7-5-4-6-8-18)23-21(24-20)25-13-10-17(3)11-14-25/h4-8,15-17H,9-14H2,1-3H3,(H,22,23,24). The number of nitrogens with one attached hydrogen (secondary N) is 1. The topological polar surface area (TPSA) is 41.1 Å². The van der Waals surface area contributed by atoms with Gasteiger partial charge in [-0.25, -0.2) is 4.98 Å². The molecule has 2 aromatic rings. The van der Waals surface area contributed by atoms with Gasteiger partial charge in [0.15, 0.2) is 0 Å². The Morgan fingerprint density at radius 3 is 2.52 bits per heavy atom. The normalized spacial score (nSPS) is 15.6. The lowest BCUT2D eigenvalue weighted by molar-refractivity contribution is 0.434. The van der Waals surface area contributed by atoms with Crippen LogP contribution in [-0.4, -0.2) is 29.6 Å². The first-order chi connectivity index (χ1) is 12.1. The molecule has 0 atom stereocenters. The molecule has 3 rings (SSSR count). The van der Waals surface area contributed by atoms with E-state index in [9.17, 15) is 0 Å². The molecule has 0 aliphatic carbocycles. The molecule has 0 radical (unpaired) electrons. The van der Waals surface area contributed by atoms with Gasteiger partial charge in [0.2, 0.25) is 5.95 Å². The van der Waals surface area contributed by atoms with Crippen molar-refractivity contribution in [3.05, 3.63) is 36.4 Å². The van der Waals surface area contributed by atoms with E-state index in [1.54, 1.807) is 0 Å². The largest absolute Gasteiger partial charge is 0.370 e. The Bertz CT molecular complexity index is 661. The highest BCUT2D eigenvalue weighted by Gasteiger charge is 2.19. The quantitative estimate of drug-likeness (QED) is 0.818. The van der Waals surface area contributed by atoms with E-state index in [-0.39, 0.29) is 0 Å². The van der Waals surface area contributed by atoms with Crippen molar-refractivity contribution in [1.82, 2.24) is 9.97 Å². The molecular formula is C21H30N4. The van der Waals surface area contributed by atoms with Gasteiger partial charge in [-0.3, -0.25) is 0 Å². The number of rotatable bonds is 6. The fourth-order valence-corrected chi connectivity index (χ4v) is 3.12. The number of benzene rings is 1. The van der Waals surface area contributed by atoms with Gasteiger partial charge in [-0.15, -0.1) is 0 Å². The van der Waals surface area contributed by atoms with Crippen molar-refractivity contribution >= 4 is 11.8 Å². The highest BCUT2D eigenvalue weighted by molar-refractivity contribution is 5.64. The van der Waals surface area contributed by atoms with Crippen LogP contribution in [0.4, 0.5) is 11.8 Å². The maximum absolute atomic E-state index is 4.87. The third-order valence-corrected chi connectivity index (χ3v) is 4.88. The SMILES string of the molecule is CC(C)CCNc1cc(-c2ccccc2)nc(N2CCC(C)CC2)n1. The molecule has 1 aromatic carbocycles. The molecule has 1 saturated heterocycles. The van der Waals surface area contributed by atoms with Crippen LogP contribution in [0.2, 0.25) is 0 Å². The number of nitrogens with zero attached hydrogens (tertiary/aromatic N) is 3. The minimum absolute atomic E-state index is 0.686. The minimum atomic E-state index is 0.686. The molecule has 1 aromatic heterocycles. The summed E-state index contributed by atoms with van der Waals surface area (Å²) in [6.45, 7) is 9.86. The first-order valence-corrected chi connectivity index (χ1v) is 9.55. The predicted octanol–water partition coefficient (Wildman–Crippen LogP) is 4.84. The molecule has 1 fully saturated rings. The van der Waals surface area contributed by atoms with Crippen molar-refractivity contribution in [1.29, 1.82) is 0 Å².